The van der Waals surface area contributed by atoms with Gasteiger partial charge in [-0.1, -0.05) is 30.7 Å². The van der Waals surface area contributed by atoms with E-state index in [4.69, 9.17) is 11.6 Å². The molecule has 2 N–H and O–H groups in total. The highest BCUT2D eigenvalue weighted by Crippen LogP contribution is 2.22. The normalized spacial score (nSPS) is 20.3. The van der Waals surface area contributed by atoms with E-state index in [1.807, 2.05) is 31.2 Å². The lowest BCUT2D eigenvalue weighted by Gasteiger charge is -2.30. The second kappa shape index (κ2) is 8.01. The SMILES string of the molecule is Cc1c(C(=O)NC2CNCCC2C)cnn1-c1ccccc1Cl.Cl. The smallest absolute Gasteiger partial charge is 0.255 e. The molecule has 7 heteroatoms. The molecule has 1 saturated heterocycles. The molecule has 130 valence electrons. The van der Waals surface area contributed by atoms with Crippen LogP contribution in [0.15, 0.2) is 30.5 Å². The molecular formula is C17H22Cl2N4O. The number of hydrogen-bond acceptors (Lipinski definition) is 3. The van der Waals surface area contributed by atoms with Gasteiger partial charge in [-0.25, -0.2) is 4.68 Å². The zero-order valence-corrected chi connectivity index (χ0v) is 15.3. The third-order valence-electron chi connectivity index (χ3n) is 4.48. The summed E-state index contributed by atoms with van der Waals surface area (Å²) in [6.45, 7) is 5.88. The number of para-hydroxylation sites is 1. The Balaban J connectivity index is 0.00000208. The van der Waals surface area contributed by atoms with E-state index in [2.05, 4.69) is 22.7 Å². The number of carbonyl (C=O) groups is 1. The van der Waals surface area contributed by atoms with E-state index in [1.54, 1.807) is 10.9 Å². The minimum atomic E-state index is -0.0821. The maximum absolute atomic E-state index is 12.6. The molecule has 2 atom stereocenters. The average Bonchev–Trinajstić information content (AvgIpc) is 2.92. The first-order valence-corrected chi connectivity index (χ1v) is 8.27. The van der Waals surface area contributed by atoms with Crippen LogP contribution in [0.5, 0.6) is 0 Å². The number of benzene rings is 1. The van der Waals surface area contributed by atoms with Crippen molar-refractivity contribution in [3.05, 3.63) is 46.7 Å². The third kappa shape index (κ3) is 3.74. The molecule has 5 nitrogen and oxygen atoms in total. The minimum Gasteiger partial charge on any atom is -0.348 e. The molecule has 0 aliphatic carbocycles. The number of rotatable bonds is 3. The maximum atomic E-state index is 12.6. The van der Waals surface area contributed by atoms with Crippen molar-refractivity contribution >= 4 is 29.9 Å². The van der Waals surface area contributed by atoms with Crippen molar-refractivity contribution in [1.82, 2.24) is 20.4 Å². The highest BCUT2D eigenvalue weighted by Gasteiger charge is 2.25. The zero-order chi connectivity index (χ0) is 16.4. The number of carbonyl (C=O) groups excluding carboxylic acids is 1. The number of piperidine rings is 1. The summed E-state index contributed by atoms with van der Waals surface area (Å²) in [6, 6.07) is 7.62. The van der Waals surface area contributed by atoms with Crippen LogP contribution >= 0.6 is 24.0 Å². The minimum absolute atomic E-state index is 0. The van der Waals surface area contributed by atoms with Crippen LogP contribution < -0.4 is 10.6 Å². The Kier molecular flexibility index (Phi) is 6.27. The van der Waals surface area contributed by atoms with Crippen molar-refractivity contribution in [1.29, 1.82) is 0 Å². The fourth-order valence-electron chi connectivity index (χ4n) is 2.93. The average molecular weight is 369 g/mol. The monoisotopic (exact) mass is 368 g/mol. The predicted molar refractivity (Wildman–Crippen MR) is 98.5 cm³/mol. The summed E-state index contributed by atoms with van der Waals surface area (Å²) in [6.07, 6.45) is 2.68. The van der Waals surface area contributed by atoms with Gasteiger partial charge >= 0.3 is 0 Å². The van der Waals surface area contributed by atoms with Crippen LogP contribution in [0, 0.1) is 12.8 Å². The van der Waals surface area contributed by atoms with Crippen LogP contribution in [0.1, 0.15) is 29.4 Å². The van der Waals surface area contributed by atoms with Gasteiger partial charge in [-0.3, -0.25) is 4.79 Å². The molecule has 3 rings (SSSR count). The molecule has 2 unspecified atom stereocenters. The topological polar surface area (TPSA) is 59.0 Å². The van der Waals surface area contributed by atoms with Crippen LogP contribution in [0.3, 0.4) is 0 Å². The van der Waals surface area contributed by atoms with Crippen molar-refractivity contribution < 1.29 is 4.79 Å². The standard InChI is InChI=1S/C17H21ClN4O.ClH/c1-11-7-8-19-10-15(11)21-17(23)13-9-20-22(12(13)2)16-6-4-3-5-14(16)18;/h3-6,9,11,15,19H,7-8,10H2,1-2H3,(H,21,23);1H. The Morgan fingerprint density at radius 3 is 2.88 bits per heavy atom. The lowest BCUT2D eigenvalue weighted by atomic mass is 9.94. The van der Waals surface area contributed by atoms with Gasteiger partial charge in [0, 0.05) is 12.6 Å². The molecule has 1 aromatic heterocycles. The molecule has 1 amide bonds. The predicted octanol–water partition coefficient (Wildman–Crippen LogP) is 2.98. The van der Waals surface area contributed by atoms with Gasteiger partial charge in [0.05, 0.1) is 28.2 Å². The quantitative estimate of drug-likeness (QED) is 0.875. The molecule has 24 heavy (non-hydrogen) atoms. The number of nitrogens with zero attached hydrogens (tertiary/aromatic N) is 2. The molecule has 0 radical (unpaired) electrons. The lowest BCUT2D eigenvalue weighted by Crippen LogP contribution is -2.50. The zero-order valence-electron chi connectivity index (χ0n) is 13.8. The Morgan fingerprint density at radius 1 is 1.42 bits per heavy atom. The number of hydrogen-bond donors (Lipinski definition) is 2. The van der Waals surface area contributed by atoms with Crippen molar-refractivity contribution in [2.24, 2.45) is 5.92 Å². The lowest BCUT2D eigenvalue weighted by molar-refractivity contribution is 0.0914. The van der Waals surface area contributed by atoms with Gasteiger partial charge in [0.25, 0.3) is 5.91 Å². The summed E-state index contributed by atoms with van der Waals surface area (Å²) in [7, 11) is 0. The van der Waals surface area contributed by atoms with Crippen LogP contribution in [0.2, 0.25) is 5.02 Å². The molecule has 1 fully saturated rings. The van der Waals surface area contributed by atoms with Gasteiger partial charge in [0.2, 0.25) is 0 Å². The van der Waals surface area contributed by atoms with E-state index in [-0.39, 0.29) is 24.4 Å². The van der Waals surface area contributed by atoms with Crippen LogP contribution in [-0.4, -0.2) is 34.8 Å². The largest absolute Gasteiger partial charge is 0.348 e. The van der Waals surface area contributed by atoms with Crippen molar-refractivity contribution in [3.8, 4) is 5.69 Å². The first kappa shape index (κ1) is 18.8. The second-order valence-electron chi connectivity index (χ2n) is 6.06. The van der Waals surface area contributed by atoms with E-state index in [1.165, 1.54) is 0 Å². The first-order valence-electron chi connectivity index (χ1n) is 7.89. The Hall–Kier alpha value is -1.56. The number of halogens is 2. The summed E-state index contributed by atoms with van der Waals surface area (Å²) in [5, 5.41) is 11.4. The molecule has 1 aromatic carbocycles. The first-order chi connectivity index (χ1) is 11.1. The Bertz CT molecular complexity index is 716. The van der Waals surface area contributed by atoms with E-state index in [9.17, 15) is 4.79 Å². The summed E-state index contributed by atoms with van der Waals surface area (Å²) >= 11 is 6.22. The summed E-state index contributed by atoms with van der Waals surface area (Å²) < 4.78 is 1.71. The van der Waals surface area contributed by atoms with Crippen molar-refractivity contribution in [3.63, 3.8) is 0 Å². The molecule has 0 saturated carbocycles. The Labute approximate surface area is 153 Å². The van der Waals surface area contributed by atoms with E-state index in [0.29, 0.717) is 16.5 Å². The van der Waals surface area contributed by atoms with Crippen LogP contribution in [0.25, 0.3) is 5.69 Å². The van der Waals surface area contributed by atoms with Gasteiger partial charge < -0.3 is 10.6 Å². The number of aromatic nitrogens is 2. The van der Waals surface area contributed by atoms with Crippen molar-refractivity contribution in [2.45, 2.75) is 26.3 Å². The molecule has 2 aromatic rings. The van der Waals surface area contributed by atoms with Gasteiger partial charge in [-0.15, -0.1) is 12.4 Å². The van der Waals surface area contributed by atoms with E-state index in [0.717, 1.165) is 30.9 Å². The van der Waals surface area contributed by atoms with Gasteiger partial charge in [-0.2, -0.15) is 5.10 Å². The van der Waals surface area contributed by atoms with Crippen LogP contribution in [-0.2, 0) is 0 Å². The molecule has 0 spiro atoms. The fraction of sp³-hybridized carbons (Fsp3) is 0.412. The van der Waals surface area contributed by atoms with E-state index >= 15 is 0 Å². The molecule has 1 aliphatic rings. The highest BCUT2D eigenvalue weighted by atomic mass is 35.5. The second-order valence-corrected chi connectivity index (χ2v) is 6.46. The molecule has 0 bridgehead atoms. The van der Waals surface area contributed by atoms with E-state index < -0.39 is 0 Å². The molecular weight excluding hydrogens is 347 g/mol. The molecule has 1 aliphatic heterocycles. The van der Waals surface area contributed by atoms with Crippen molar-refractivity contribution in [2.75, 3.05) is 13.1 Å². The molecule has 2 heterocycles. The van der Waals surface area contributed by atoms with Gasteiger partial charge in [0.1, 0.15) is 0 Å². The van der Waals surface area contributed by atoms with Gasteiger partial charge in [-0.05, 0) is 37.9 Å². The third-order valence-corrected chi connectivity index (χ3v) is 4.80. The number of nitrogens with one attached hydrogen (secondary N) is 2. The fourth-order valence-corrected chi connectivity index (χ4v) is 3.14. The highest BCUT2D eigenvalue weighted by molar-refractivity contribution is 6.32. The van der Waals surface area contributed by atoms with Crippen LogP contribution in [0.4, 0.5) is 0 Å². The Morgan fingerprint density at radius 2 is 2.17 bits per heavy atom. The van der Waals surface area contributed by atoms with Gasteiger partial charge in [0.15, 0.2) is 0 Å². The summed E-state index contributed by atoms with van der Waals surface area (Å²) in [5.41, 5.74) is 2.15. The summed E-state index contributed by atoms with van der Waals surface area (Å²) in [4.78, 5) is 12.6. The number of amides is 1. The maximum Gasteiger partial charge on any atom is 0.255 e. The summed E-state index contributed by atoms with van der Waals surface area (Å²) in [5.74, 6) is 0.389.